The number of aliphatic hydroxyl groups is 2. The summed E-state index contributed by atoms with van der Waals surface area (Å²) in [5, 5.41) is 22.0. The van der Waals surface area contributed by atoms with Crippen LogP contribution in [-0.2, 0) is 20.1 Å². The van der Waals surface area contributed by atoms with E-state index in [1.54, 1.807) is 13.8 Å². The standard InChI is InChI=1S/C23H14N3.C5H12O2.Ir/c1-14-9-10-20(24-12-14)15-11-19-18-7-4-6-17-16-5-2-3-8-21(16)26(22(17)18)23(19)25-13-15;1-4(6)3-5(2)7;/h2-12H,1H3;4-7H,3H2,1-2H3;/q-1;;. The van der Waals surface area contributed by atoms with Crippen LogP contribution in [0.3, 0.4) is 0 Å². The average molecular weight is 629 g/mol. The summed E-state index contributed by atoms with van der Waals surface area (Å²) in [5.74, 6) is 0. The molecule has 6 rings (SSSR count). The zero-order chi connectivity index (χ0) is 23.1. The number of pyridine rings is 2. The summed E-state index contributed by atoms with van der Waals surface area (Å²) in [6, 6.07) is 21.3. The van der Waals surface area contributed by atoms with Crippen LogP contribution in [-0.4, -0.2) is 36.8 Å². The smallest absolute Gasteiger partial charge is 0.0604 e. The van der Waals surface area contributed by atoms with E-state index >= 15 is 0 Å². The molecule has 2 aromatic carbocycles. The first-order valence-electron chi connectivity index (χ1n) is 11.2. The van der Waals surface area contributed by atoms with E-state index in [2.05, 4.69) is 70.2 Å². The van der Waals surface area contributed by atoms with Crippen molar-refractivity contribution in [3.8, 4) is 11.3 Å². The second-order valence-electron chi connectivity index (χ2n) is 8.73. The monoisotopic (exact) mass is 629 g/mol. The van der Waals surface area contributed by atoms with Crippen molar-refractivity contribution in [1.82, 2.24) is 14.4 Å². The van der Waals surface area contributed by atoms with Gasteiger partial charge in [0, 0.05) is 42.6 Å². The van der Waals surface area contributed by atoms with Gasteiger partial charge in [-0.2, -0.15) is 0 Å². The van der Waals surface area contributed by atoms with Gasteiger partial charge < -0.3 is 24.6 Å². The Morgan fingerprint density at radius 2 is 1.56 bits per heavy atom. The molecule has 4 aromatic heterocycles. The van der Waals surface area contributed by atoms with Crippen LogP contribution >= 0.6 is 0 Å². The van der Waals surface area contributed by atoms with Gasteiger partial charge in [0.15, 0.2) is 0 Å². The summed E-state index contributed by atoms with van der Waals surface area (Å²) >= 11 is 0. The first-order chi connectivity index (χ1) is 15.9. The number of aliphatic hydroxyl groups excluding tert-OH is 2. The zero-order valence-electron chi connectivity index (χ0n) is 19.3. The van der Waals surface area contributed by atoms with Gasteiger partial charge in [0.05, 0.1) is 23.4 Å². The molecule has 0 bridgehead atoms. The predicted molar refractivity (Wildman–Crippen MR) is 134 cm³/mol. The van der Waals surface area contributed by atoms with Crippen LogP contribution < -0.4 is 0 Å². The van der Waals surface area contributed by atoms with E-state index in [1.807, 2.05) is 19.2 Å². The summed E-state index contributed by atoms with van der Waals surface area (Å²) in [6.07, 6.45) is 4.81. The largest absolute Gasteiger partial charge is 0.393 e. The Morgan fingerprint density at radius 1 is 0.882 bits per heavy atom. The predicted octanol–water partition coefficient (Wildman–Crippen LogP) is 5.54. The van der Waals surface area contributed by atoms with Crippen LogP contribution in [0.2, 0.25) is 0 Å². The third-order valence-corrected chi connectivity index (χ3v) is 5.88. The molecule has 6 aromatic rings. The van der Waals surface area contributed by atoms with Crippen molar-refractivity contribution in [2.24, 2.45) is 0 Å². The average Bonchev–Trinajstić information content (AvgIpc) is 3.31. The van der Waals surface area contributed by atoms with Gasteiger partial charge in [0.2, 0.25) is 0 Å². The van der Waals surface area contributed by atoms with Gasteiger partial charge in [-0.3, -0.25) is 0 Å². The summed E-state index contributed by atoms with van der Waals surface area (Å²) in [7, 11) is 0. The topological polar surface area (TPSA) is 70.7 Å². The fourth-order valence-electron chi connectivity index (χ4n) is 4.49. The van der Waals surface area contributed by atoms with Gasteiger partial charge >= 0.3 is 0 Å². The molecule has 34 heavy (non-hydrogen) atoms. The number of aryl methyl sites for hydroxylation is 1. The number of hydrogen-bond donors (Lipinski definition) is 2. The van der Waals surface area contributed by atoms with Crippen LogP contribution in [0.25, 0.3) is 49.5 Å². The van der Waals surface area contributed by atoms with Crippen LogP contribution in [0.4, 0.5) is 0 Å². The van der Waals surface area contributed by atoms with Crippen molar-refractivity contribution in [2.75, 3.05) is 0 Å². The molecule has 5 nitrogen and oxygen atoms in total. The van der Waals surface area contributed by atoms with E-state index in [0.717, 1.165) is 27.9 Å². The maximum Gasteiger partial charge on any atom is 0.0604 e. The number of aromatic nitrogens is 3. The fourth-order valence-corrected chi connectivity index (χ4v) is 4.49. The molecule has 4 heterocycles. The molecule has 0 aliphatic heterocycles. The van der Waals surface area contributed by atoms with Gasteiger partial charge in [-0.1, -0.05) is 53.9 Å². The molecular weight excluding hydrogens is 603 g/mol. The third-order valence-electron chi connectivity index (χ3n) is 5.88. The Labute approximate surface area is 211 Å². The number of benzene rings is 2. The summed E-state index contributed by atoms with van der Waals surface area (Å²) in [6.45, 7) is 5.36. The molecule has 175 valence electrons. The maximum absolute atomic E-state index is 8.56. The van der Waals surface area contributed by atoms with Gasteiger partial charge in [-0.05, 0) is 56.1 Å². The summed E-state index contributed by atoms with van der Waals surface area (Å²) in [4.78, 5) is 9.25. The molecule has 0 saturated carbocycles. The second-order valence-corrected chi connectivity index (χ2v) is 8.73. The van der Waals surface area contributed by atoms with Crippen LogP contribution in [0.5, 0.6) is 0 Å². The molecule has 0 fully saturated rings. The van der Waals surface area contributed by atoms with Crippen molar-refractivity contribution in [2.45, 2.75) is 39.4 Å². The van der Waals surface area contributed by atoms with Crippen molar-refractivity contribution >= 4 is 38.2 Å². The van der Waals surface area contributed by atoms with Gasteiger partial charge in [-0.15, -0.1) is 11.6 Å². The van der Waals surface area contributed by atoms with Crippen molar-refractivity contribution in [1.29, 1.82) is 0 Å². The molecule has 0 saturated heterocycles. The molecule has 0 aliphatic carbocycles. The molecule has 1 radical (unpaired) electrons. The Balaban J connectivity index is 0.000000303. The number of hydrogen-bond acceptors (Lipinski definition) is 4. The van der Waals surface area contributed by atoms with Gasteiger partial charge in [0.25, 0.3) is 0 Å². The van der Waals surface area contributed by atoms with E-state index < -0.39 is 0 Å². The van der Waals surface area contributed by atoms with Crippen LogP contribution in [0, 0.1) is 13.1 Å². The maximum atomic E-state index is 8.56. The van der Waals surface area contributed by atoms with E-state index in [1.165, 1.54) is 27.2 Å². The molecule has 2 N–H and O–H groups in total. The minimum Gasteiger partial charge on any atom is -0.393 e. The normalized spacial score (nSPS) is 13.1. The number of rotatable bonds is 3. The Hall–Kier alpha value is -2.89. The van der Waals surface area contributed by atoms with E-state index in [4.69, 9.17) is 15.2 Å². The van der Waals surface area contributed by atoms with Crippen LogP contribution in [0.1, 0.15) is 25.8 Å². The molecule has 0 spiro atoms. The van der Waals surface area contributed by atoms with Crippen molar-refractivity contribution in [3.05, 3.63) is 78.6 Å². The Morgan fingerprint density at radius 3 is 2.21 bits per heavy atom. The molecule has 0 aliphatic rings. The molecule has 6 heteroatoms. The molecule has 0 amide bonds. The first-order valence-corrected chi connectivity index (χ1v) is 11.2. The van der Waals surface area contributed by atoms with E-state index in [0.29, 0.717) is 6.42 Å². The minimum atomic E-state index is -0.375. The van der Waals surface area contributed by atoms with Crippen LogP contribution in [0.15, 0.2) is 66.9 Å². The SMILES string of the molecule is CC(O)CC(C)O.Cc1ccc(-c2[c-]nc3c(c2)c2cccc4c5ccccc5n3c42)nc1.[Ir]. The molecular formula is C28H26IrN3O2-. The fraction of sp³-hybridized carbons (Fsp3) is 0.214. The number of nitrogens with zero attached hydrogens (tertiary/aromatic N) is 3. The summed E-state index contributed by atoms with van der Waals surface area (Å²) < 4.78 is 2.26. The minimum absolute atomic E-state index is 0. The number of fused-ring (bicyclic) bond motifs is 6. The van der Waals surface area contributed by atoms with Crippen molar-refractivity contribution < 1.29 is 30.3 Å². The molecule has 2 unspecified atom stereocenters. The van der Waals surface area contributed by atoms with Gasteiger partial charge in [-0.25, -0.2) is 0 Å². The Bertz CT molecular complexity index is 1550. The summed E-state index contributed by atoms with van der Waals surface area (Å²) in [5.41, 5.74) is 6.35. The number of para-hydroxylation sites is 2. The van der Waals surface area contributed by atoms with Crippen molar-refractivity contribution in [3.63, 3.8) is 0 Å². The van der Waals surface area contributed by atoms with E-state index in [-0.39, 0.29) is 32.3 Å². The third kappa shape index (κ3) is 4.30. The second kappa shape index (κ2) is 9.77. The molecule has 2 atom stereocenters. The quantitative estimate of drug-likeness (QED) is 0.253. The Kier molecular flexibility index (Phi) is 6.96. The van der Waals surface area contributed by atoms with E-state index in [9.17, 15) is 0 Å². The zero-order valence-corrected chi connectivity index (χ0v) is 21.7. The van der Waals surface area contributed by atoms with Gasteiger partial charge in [0.1, 0.15) is 0 Å². The first kappa shape index (κ1) is 24.2.